The summed E-state index contributed by atoms with van der Waals surface area (Å²) < 4.78 is 31.8. The summed E-state index contributed by atoms with van der Waals surface area (Å²) in [7, 11) is -0.763. The predicted octanol–water partition coefficient (Wildman–Crippen LogP) is 4.47. The minimum absolute atomic E-state index is 0.0551. The van der Waals surface area contributed by atoms with E-state index in [1.165, 1.54) is 6.07 Å². The summed E-state index contributed by atoms with van der Waals surface area (Å²) in [6, 6.07) is 12.3. The molecule has 2 heterocycles. The van der Waals surface area contributed by atoms with Crippen molar-refractivity contribution >= 4 is 19.3 Å². The number of carbonyl (C=O) groups excluding carboxylic acids is 1. The van der Waals surface area contributed by atoms with Crippen LogP contribution in [0.5, 0.6) is 0 Å². The van der Waals surface area contributed by atoms with Gasteiger partial charge in [-0.25, -0.2) is 9.18 Å². The van der Waals surface area contributed by atoms with Crippen molar-refractivity contribution in [3.63, 3.8) is 0 Å². The first-order valence-corrected chi connectivity index (χ1v) is 10.2. The van der Waals surface area contributed by atoms with E-state index >= 15 is 0 Å². The van der Waals surface area contributed by atoms with Crippen molar-refractivity contribution in [3.05, 3.63) is 70.7 Å². The van der Waals surface area contributed by atoms with Crippen LogP contribution in [0.2, 0.25) is 0 Å². The van der Waals surface area contributed by atoms with Crippen LogP contribution in [0, 0.1) is 12.7 Å². The topological polar surface area (TPSA) is 69.7 Å². The number of hydrogen-bond donors (Lipinski definition) is 1. The standard InChI is InChI=1S/C23H28BFN2O4/c1-16-11-12-19(25)20(27-16)13-18(24-30-22(2,3)23(4,5)31-24)14-26-21(28)29-15-17-9-7-6-8-10-17/h6-13H,14-15H2,1-5H3,(H,26,28). The quantitative estimate of drug-likeness (QED) is 0.691. The van der Waals surface area contributed by atoms with E-state index in [1.54, 1.807) is 19.1 Å². The summed E-state index contributed by atoms with van der Waals surface area (Å²) >= 11 is 0. The number of halogens is 1. The molecule has 1 aromatic heterocycles. The van der Waals surface area contributed by atoms with E-state index in [2.05, 4.69) is 10.3 Å². The van der Waals surface area contributed by atoms with Crippen LogP contribution >= 0.6 is 0 Å². The average molecular weight is 426 g/mol. The molecule has 1 aliphatic heterocycles. The first-order chi connectivity index (χ1) is 14.6. The van der Waals surface area contributed by atoms with Gasteiger partial charge in [-0.3, -0.25) is 4.98 Å². The lowest BCUT2D eigenvalue weighted by atomic mass is 9.77. The lowest BCUT2D eigenvalue weighted by Gasteiger charge is -2.32. The van der Waals surface area contributed by atoms with E-state index in [4.69, 9.17) is 14.0 Å². The Morgan fingerprint density at radius 2 is 1.77 bits per heavy atom. The van der Waals surface area contributed by atoms with Crippen molar-refractivity contribution in [1.29, 1.82) is 0 Å². The number of alkyl carbamates (subject to hydrolysis) is 1. The molecule has 164 valence electrons. The van der Waals surface area contributed by atoms with Gasteiger partial charge in [0.1, 0.15) is 12.4 Å². The van der Waals surface area contributed by atoms with Gasteiger partial charge in [0, 0.05) is 12.2 Å². The van der Waals surface area contributed by atoms with Crippen LogP contribution in [0.4, 0.5) is 9.18 Å². The maximum Gasteiger partial charge on any atom is 0.492 e. The second kappa shape index (κ2) is 9.20. The van der Waals surface area contributed by atoms with Crippen LogP contribution in [-0.2, 0) is 20.7 Å². The molecule has 1 fully saturated rings. The summed E-state index contributed by atoms with van der Waals surface area (Å²) in [6.07, 6.45) is 0.964. The third-order valence-corrected chi connectivity index (χ3v) is 5.54. The van der Waals surface area contributed by atoms with Crippen LogP contribution in [0.3, 0.4) is 0 Å². The van der Waals surface area contributed by atoms with E-state index in [-0.39, 0.29) is 18.8 Å². The van der Waals surface area contributed by atoms with E-state index in [1.807, 2.05) is 58.0 Å². The normalized spacial score (nSPS) is 17.5. The fourth-order valence-corrected chi connectivity index (χ4v) is 2.98. The van der Waals surface area contributed by atoms with Gasteiger partial charge in [-0.05, 0) is 63.9 Å². The van der Waals surface area contributed by atoms with Gasteiger partial charge in [-0.15, -0.1) is 0 Å². The molecule has 0 radical (unpaired) electrons. The summed E-state index contributed by atoms with van der Waals surface area (Å²) in [5, 5.41) is 2.70. The Hall–Kier alpha value is -2.71. The van der Waals surface area contributed by atoms with Crippen molar-refractivity contribution in [2.24, 2.45) is 0 Å². The molecule has 0 bridgehead atoms. The number of rotatable bonds is 6. The third-order valence-electron chi connectivity index (χ3n) is 5.54. The van der Waals surface area contributed by atoms with Crippen LogP contribution in [-0.4, -0.2) is 35.9 Å². The first kappa shape index (κ1) is 23.0. The van der Waals surface area contributed by atoms with Gasteiger partial charge in [-0.1, -0.05) is 30.3 Å². The van der Waals surface area contributed by atoms with Crippen molar-refractivity contribution in [3.8, 4) is 0 Å². The molecular weight excluding hydrogens is 398 g/mol. The zero-order valence-corrected chi connectivity index (χ0v) is 18.6. The van der Waals surface area contributed by atoms with Crippen LogP contribution in [0.1, 0.15) is 44.6 Å². The highest BCUT2D eigenvalue weighted by molar-refractivity contribution is 6.56. The molecule has 8 heteroatoms. The molecule has 6 nitrogen and oxygen atoms in total. The third kappa shape index (κ3) is 5.71. The summed E-state index contributed by atoms with van der Waals surface area (Å²) in [5.41, 5.74) is 1.09. The number of nitrogens with zero attached hydrogens (tertiary/aromatic N) is 1. The highest BCUT2D eigenvalue weighted by Crippen LogP contribution is 2.38. The number of pyridine rings is 1. The van der Waals surface area contributed by atoms with Crippen LogP contribution in [0.25, 0.3) is 6.08 Å². The molecule has 1 aliphatic rings. The summed E-state index contributed by atoms with van der Waals surface area (Å²) in [5.74, 6) is -0.466. The molecule has 1 saturated heterocycles. The summed E-state index contributed by atoms with van der Waals surface area (Å²) in [4.78, 5) is 16.5. The van der Waals surface area contributed by atoms with Gasteiger partial charge >= 0.3 is 13.2 Å². The van der Waals surface area contributed by atoms with Gasteiger partial charge in [0.2, 0.25) is 0 Å². The Morgan fingerprint density at radius 1 is 1.13 bits per heavy atom. The van der Waals surface area contributed by atoms with Crippen molar-refractivity contribution in [2.75, 3.05) is 6.54 Å². The summed E-state index contributed by atoms with van der Waals surface area (Å²) in [6.45, 7) is 9.70. The maximum absolute atomic E-state index is 14.3. The zero-order valence-electron chi connectivity index (χ0n) is 18.6. The van der Waals surface area contributed by atoms with Crippen molar-refractivity contribution in [2.45, 2.75) is 52.4 Å². The number of hydrogen-bond acceptors (Lipinski definition) is 5. The van der Waals surface area contributed by atoms with Gasteiger partial charge in [0.15, 0.2) is 0 Å². The molecular formula is C23H28BFN2O4. The van der Waals surface area contributed by atoms with E-state index in [0.29, 0.717) is 11.2 Å². The second-order valence-corrected chi connectivity index (χ2v) is 8.54. The SMILES string of the molecule is Cc1ccc(F)c(C=C(CNC(=O)OCc2ccccc2)B2OC(C)(C)C(C)(C)O2)n1. The van der Waals surface area contributed by atoms with Crippen LogP contribution < -0.4 is 5.32 Å². The van der Waals surface area contributed by atoms with Crippen LogP contribution in [0.15, 0.2) is 47.9 Å². The number of nitrogens with one attached hydrogen (secondary N) is 1. The zero-order chi connectivity index (χ0) is 22.6. The molecule has 0 spiro atoms. The van der Waals surface area contributed by atoms with Gasteiger partial charge in [-0.2, -0.15) is 0 Å². The molecule has 1 N–H and O–H groups in total. The monoisotopic (exact) mass is 426 g/mol. The molecule has 0 unspecified atom stereocenters. The van der Waals surface area contributed by atoms with Crippen molar-refractivity contribution in [1.82, 2.24) is 10.3 Å². The number of amides is 1. The Labute approximate surface area is 183 Å². The Balaban J connectivity index is 1.75. The fourth-order valence-electron chi connectivity index (χ4n) is 2.98. The molecule has 0 aliphatic carbocycles. The van der Waals surface area contributed by atoms with E-state index in [9.17, 15) is 9.18 Å². The van der Waals surface area contributed by atoms with Gasteiger partial charge < -0.3 is 19.4 Å². The highest BCUT2D eigenvalue weighted by atomic mass is 19.1. The number of benzene rings is 1. The highest BCUT2D eigenvalue weighted by Gasteiger charge is 2.52. The first-order valence-electron chi connectivity index (χ1n) is 10.2. The largest absolute Gasteiger partial charge is 0.492 e. The van der Waals surface area contributed by atoms with Gasteiger partial charge in [0.05, 0.1) is 16.9 Å². The maximum atomic E-state index is 14.3. The Morgan fingerprint density at radius 3 is 2.42 bits per heavy atom. The van der Waals surface area contributed by atoms with E-state index in [0.717, 1.165) is 5.56 Å². The molecule has 1 amide bonds. The Kier molecular flexibility index (Phi) is 6.82. The molecule has 31 heavy (non-hydrogen) atoms. The second-order valence-electron chi connectivity index (χ2n) is 8.54. The minimum atomic E-state index is -0.763. The molecule has 3 rings (SSSR count). The molecule has 0 atom stereocenters. The molecule has 2 aromatic rings. The minimum Gasteiger partial charge on any atom is -0.445 e. The number of aryl methyl sites for hydroxylation is 1. The van der Waals surface area contributed by atoms with E-state index < -0.39 is 30.2 Å². The number of ether oxygens (including phenoxy) is 1. The van der Waals surface area contributed by atoms with Crippen molar-refractivity contribution < 1.29 is 23.2 Å². The predicted molar refractivity (Wildman–Crippen MR) is 118 cm³/mol. The molecule has 1 aromatic carbocycles. The smallest absolute Gasteiger partial charge is 0.445 e. The average Bonchev–Trinajstić information content (AvgIpc) is 2.94. The number of aromatic nitrogens is 1. The number of carbonyl (C=O) groups is 1. The van der Waals surface area contributed by atoms with Gasteiger partial charge in [0.25, 0.3) is 0 Å². The lowest BCUT2D eigenvalue weighted by molar-refractivity contribution is 0.00578. The Bertz CT molecular complexity index is 947. The molecule has 0 saturated carbocycles. The fraction of sp³-hybridized carbons (Fsp3) is 0.391. The lowest BCUT2D eigenvalue weighted by Crippen LogP contribution is -2.41.